The number of rotatable bonds is 10. The van der Waals surface area contributed by atoms with Crippen molar-refractivity contribution in [1.82, 2.24) is 0 Å². The van der Waals surface area contributed by atoms with Crippen molar-refractivity contribution < 1.29 is 19.1 Å². The van der Waals surface area contributed by atoms with E-state index in [-0.39, 0.29) is 21.6 Å². The van der Waals surface area contributed by atoms with Crippen LogP contribution in [0.5, 0.6) is 0 Å². The molecule has 20 heavy (non-hydrogen) atoms. The van der Waals surface area contributed by atoms with E-state index >= 15 is 0 Å². The van der Waals surface area contributed by atoms with Crippen LogP contribution in [0.1, 0.15) is 46.5 Å². The third-order valence-corrected chi connectivity index (χ3v) is 3.69. The topological polar surface area (TPSA) is 52.6 Å². The number of unbranched alkanes of at least 4 members (excludes halogenated alkanes) is 1. The molecule has 0 amide bonds. The first-order valence-corrected chi connectivity index (χ1v) is 8.83. The number of ether oxygens (including phenoxy) is 2. The molecule has 0 aromatic rings. The lowest BCUT2D eigenvalue weighted by molar-refractivity contribution is -0.144. The summed E-state index contributed by atoms with van der Waals surface area (Å²) >= 11 is 6.35. The van der Waals surface area contributed by atoms with Crippen molar-refractivity contribution in [3.05, 3.63) is 0 Å². The first kappa shape index (κ1) is 19.9. The van der Waals surface area contributed by atoms with Crippen molar-refractivity contribution in [3.8, 4) is 0 Å². The Bertz CT molecular complexity index is 293. The van der Waals surface area contributed by atoms with Gasteiger partial charge in [-0.2, -0.15) is 0 Å². The summed E-state index contributed by atoms with van der Waals surface area (Å²) in [5.74, 6) is -0.0723. The van der Waals surface area contributed by atoms with Gasteiger partial charge in [0, 0.05) is 0 Å². The number of alkyl halides is 2. The summed E-state index contributed by atoms with van der Waals surface area (Å²) < 4.78 is 10.3. The molecule has 118 valence electrons. The molecule has 0 spiro atoms. The lowest BCUT2D eigenvalue weighted by Gasteiger charge is -2.15. The first-order chi connectivity index (χ1) is 9.38. The van der Waals surface area contributed by atoms with Crippen LogP contribution in [0.25, 0.3) is 0 Å². The lowest BCUT2D eigenvalue weighted by Crippen LogP contribution is -2.19. The third kappa shape index (κ3) is 9.75. The Labute approximate surface area is 138 Å². The molecule has 0 N–H and O–H groups in total. The van der Waals surface area contributed by atoms with Crippen LogP contribution in [0.15, 0.2) is 0 Å². The standard InChI is InChI=1S/C14H24Br2O4/c1-4-12(9-20-14(18)11(3)16)7-5-6-8-19-13(17)10(2)15/h10-12H,4-9H2,1-3H3. The van der Waals surface area contributed by atoms with Gasteiger partial charge in [-0.05, 0) is 39.0 Å². The zero-order chi connectivity index (χ0) is 15.5. The Kier molecular flexibility index (Phi) is 11.5. The minimum Gasteiger partial charge on any atom is -0.465 e. The monoisotopic (exact) mass is 414 g/mol. The molecule has 0 aromatic carbocycles. The maximum absolute atomic E-state index is 11.3. The fourth-order valence-electron chi connectivity index (χ4n) is 1.54. The minimum absolute atomic E-state index is 0.219. The number of carbonyl (C=O) groups excluding carboxylic acids is 2. The van der Waals surface area contributed by atoms with E-state index in [0.717, 1.165) is 25.7 Å². The summed E-state index contributed by atoms with van der Waals surface area (Å²) in [5, 5.41) is 0. The average molecular weight is 416 g/mol. The zero-order valence-electron chi connectivity index (χ0n) is 12.4. The maximum atomic E-state index is 11.3. The molecule has 0 saturated heterocycles. The smallest absolute Gasteiger partial charge is 0.319 e. The van der Waals surface area contributed by atoms with Crippen LogP contribution in [0.3, 0.4) is 0 Å². The highest BCUT2D eigenvalue weighted by Gasteiger charge is 2.14. The van der Waals surface area contributed by atoms with Crippen molar-refractivity contribution in [2.45, 2.75) is 56.1 Å². The van der Waals surface area contributed by atoms with Crippen molar-refractivity contribution in [2.24, 2.45) is 5.92 Å². The summed E-state index contributed by atoms with van der Waals surface area (Å²) in [6.45, 7) is 6.49. The SMILES string of the molecule is CCC(CCCCOC(=O)C(C)Br)COC(=O)C(C)Br. The van der Waals surface area contributed by atoms with Crippen LogP contribution in [-0.2, 0) is 19.1 Å². The van der Waals surface area contributed by atoms with Gasteiger partial charge >= 0.3 is 11.9 Å². The van der Waals surface area contributed by atoms with E-state index < -0.39 is 0 Å². The second kappa shape index (κ2) is 11.5. The van der Waals surface area contributed by atoms with Gasteiger partial charge in [-0.15, -0.1) is 0 Å². The fraction of sp³-hybridized carbons (Fsp3) is 0.857. The first-order valence-electron chi connectivity index (χ1n) is 6.99. The molecule has 0 radical (unpaired) electrons. The van der Waals surface area contributed by atoms with E-state index in [1.54, 1.807) is 13.8 Å². The molecule has 0 rings (SSSR count). The number of esters is 2. The van der Waals surface area contributed by atoms with Crippen molar-refractivity contribution in [1.29, 1.82) is 0 Å². The predicted octanol–water partition coefficient (Wildman–Crippen LogP) is 3.84. The van der Waals surface area contributed by atoms with Gasteiger partial charge in [-0.3, -0.25) is 9.59 Å². The number of carbonyl (C=O) groups is 2. The van der Waals surface area contributed by atoms with Crippen LogP contribution in [0, 0.1) is 5.92 Å². The van der Waals surface area contributed by atoms with Crippen LogP contribution >= 0.6 is 31.9 Å². The Balaban J connectivity index is 3.70. The van der Waals surface area contributed by atoms with E-state index in [9.17, 15) is 9.59 Å². The van der Waals surface area contributed by atoms with Crippen LogP contribution in [-0.4, -0.2) is 34.8 Å². The Morgan fingerprint density at radius 2 is 1.55 bits per heavy atom. The van der Waals surface area contributed by atoms with Gasteiger partial charge in [0.15, 0.2) is 0 Å². The van der Waals surface area contributed by atoms with Gasteiger partial charge in [0.2, 0.25) is 0 Å². The van der Waals surface area contributed by atoms with Crippen molar-refractivity contribution >= 4 is 43.8 Å². The number of halogens is 2. The highest BCUT2D eigenvalue weighted by Crippen LogP contribution is 2.14. The Morgan fingerprint density at radius 1 is 1.00 bits per heavy atom. The van der Waals surface area contributed by atoms with Crippen LogP contribution in [0.4, 0.5) is 0 Å². The average Bonchev–Trinajstić information content (AvgIpc) is 2.40. The van der Waals surface area contributed by atoms with Crippen molar-refractivity contribution in [3.63, 3.8) is 0 Å². The molecule has 0 saturated carbocycles. The van der Waals surface area contributed by atoms with E-state index in [1.165, 1.54) is 0 Å². The highest BCUT2D eigenvalue weighted by atomic mass is 79.9. The molecule has 0 bridgehead atoms. The summed E-state index contributed by atoms with van der Waals surface area (Å²) in [4.78, 5) is 22.0. The van der Waals surface area contributed by atoms with E-state index in [2.05, 4.69) is 38.8 Å². The summed E-state index contributed by atoms with van der Waals surface area (Å²) in [5.41, 5.74) is 0. The molecule has 3 atom stereocenters. The quantitative estimate of drug-likeness (QED) is 0.309. The molecule has 0 aliphatic rings. The van der Waals surface area contributed by atoms with Gasteiger partial charge in [0.25, 0.3) is 0 Å². The zero-order valence-corrected chi connectivity index (χ0v) is 15.5. The van der Waals surface area contributed by atoms with Gasteiger partial charge < -0.3 is 9.47 Å². The molecule has 3 unspecified atom stereocenters. The van der Waals surface area contributed by atoms with Crippen LogP contribution in [0.2, 0.25) is 0 Å². The van der Waals surface area contributed by atoms with Crippen molar-refractivity contribution in [2.75, 3.05) is 13.2 Å². The Hall–Kier alpha value is -0.100. The molecule has 0 aromatic heterocycles. The number of hydrogen-bond acceptors (Lipinski definition) is 4. The predicted molar refractivity (Wildman–Crippen MR) is 86.3 cm³/mol. The van der Waals surface area contributed by atoms with E-state index in [1.807, 2.05) is 0 Å². The highest BCUT2D eigenvalue weighted by molar-refractivity contribution is 9.10. The minimum atomic E-state index is -0.259. The van der Waals surface area contributed by atoms with Gasteiger partial charge in [0.05, 0.1) is 13.2 Å². The molecule has 6 heteroatoms. The Morgan fingerprint density at radius 3 is 2.05 bits per heavy atom. The fourth-order valence-corrected chi connectivity index (χ4v) is 1.81. The second-order valence-electron chi connectivity index (χ2n) is 4.80. The molecule has 0 fully saturated rings. The van der Waals surface area contributed by atoms with E-state index in [0.29, 0.717) is 19.1 Å². The van der Waals surface area contributed by atoms with Crippen LogP contribution < -0.4 is 0 Å². The molecule has 0 aliphatic carbocycles. The van der Waals surface area contributed by atoms with Gasteiger partial charge in [-0.1, -0.05) is 45.2 Å². The second-order valence-corrected chi connectivity index (χ2v) is 7.55. The normalized spacial score (nSPS) is 15.2. The molecular weight excluding hydrogens is 392 g/mol. The molecular formula is C14H24Br2O4. The summed E-state index contributed by atoms with van der Waals surface area (Å²) in [6.07, 6.45) is 3.75. The van der Waals surface area contributed by atoms with Gasteiger partial charge in [-0.25, -0.2) is 0 Å². The molecule has 4 nitrogen and oxygen atoms in total. The van der Waals surface area contributed by atoms with Gasteiger partial charge in [0.1, 0.15) is 9.65 Å². The van der Waals surface area contributed by atoms with E-state index in [4.69, 9.17) is 9.47 Å². The lowest BCUT2D eigenvalue weighted by atomic mass is 10.0. The maximum Gasteiger partial charge on any atom is 0.319 e. The summed E-state index contributed by atoms with van der Waals surface area (Å²) in [7, 11) is 0. The number of hydrogen-bond donors (Lipinski definition) is 0. The summed E-state index contributed by atoms with van der Waals surface area (Å²) in [6, 6.07) is 0. The third-order valence-electron chi connectivity index (χ3n) is 2.94. The largest absolute Gasteiger partial charge is 0.465 e. The molecule has 0 aliphatic heterocycles. The molecule has 0 heterocycles.